The molecule has 2 saturated carbocycles. The topological polar surface area (TPSA) is 83.3 Å². The first-order valence-corrected chi connectivity index (χ1v) is 11.0. The number of rotatable bonds is 9. The highest BCUT2D eigenvalue weighted by Gasteiger charge is 2.31. The first-order valence-electron chi connectivity index (χ1n) is 11.0. The number of carbonyl (C=O) groups is 1. The molecule has 0 radical (unpaired) electrons. The average molecular weight is 516 g/mol. The van der Waals surface area contributed by atoms with Gasteiger partial charge in [0.05, 0.1) is 0 Å². The summed E-state index contributed by atoms with van der Waals surface area (Å²) in [6.45, 7) is 6.77. The van der Waals surface area contributed by atoms with E-state index in [1.807, 2.05) is 19.3 Å². The van der Waals surface area contributed by atoms with Crippen molar-refractivity contribution in [1.29, 1.82) is 0 Å². The molecule has 0 aromatic carbocycles. The Bertz CT molecular complexity index is 657. The number of imidazole rings is 1. The van der Waals surface area contributed by atoms with Crippen LogP contribution in [0.25, 0.3) is 0 Å². The number of aliphatic imine (C=N–C) groups is 1. The maximum absolute atomic E-state index is 12.4. The summed E-state index contributed by atoms with van der Waals surface area (Å²) in [7, 11) is 0. The van der Waals surface area contributed by atoms with Gasteiger partial charge in [-0.1, -0.05) is 6.42 Å². The number of carbonyl (C=O) groups excluding carboxylic acids is 1. The molecule has 0 spiro atoms. The Morgan fingerprint density at radius 1 is 1.21 bits per heavy atom. The Morgan fingerprint density at radius 2 is 2.03 bits per heavy atom. The van der Waals surface area contributed by atoms with E-state index in [0.717, 1.165) is 82.8 Å². The van der Waals surface area contributed by atoms with Crippen molar-refractivity contribution in [2.24, 2.45) is 10.9 Å². The van der Waals surface area contributed by atoms with Crippen molar-refractivity contribution in [3.63, 3.8) is 0 Å². The van der Waals surface area contributed by atoms with Gasteiger partial charge in [-0.3, -0.25) is 9.79 Å². The molecule has 0 bridgehead atoms. The molecular weight excluding hydrogens is 479 g/mol. The fraction of sp³-hybridized carbons (Fsp3) is 0.762. The second-order valence-corrected chi connectivity index (χ2v) is 8.12. The van der Waals surface area contributed by atoms with Gasteiger partial charge in [0.15, 0.2) is 5.96 Å². The van der Waals surface area contributed by atoms with Crippen molar-refractivity contribution in [2.75, 3.05) is 13.1 Å². The van der Waals surface area contributed by atoms with Crippen LogP contribution in [-0.2, 0) is 11.3 Å². The number of aromatic nitrogens is 2. The van der Waals surface area contributed by atoms with Crippen molar-refractivity contribution in [2.45, 2.75) is 83.8 Å². The first kappa shape index (κ1) is 24.0. The molecule has 0 saturated heterocycles. The van der Waals surface area contributed by atoms with Crippen LogP contribution in [0.5, 0.6) is 0 Å². The molecule has 3 rings (SSSR count). The van der Waals surface area contributed by atoms with Gasteiger partial charge in [0.2, 0.25) is 5.91 Å². The molecule has 164 valence electrons. The minimum Gasteiger partial charge on any atom is -0.357 e. The molecule has 1 amide bonds. The maximum atomic E-state index is 12.4. The largest absolute Gasteiger partial charge is 0.357 e. The number of guanidine groups is 1. The van der Waals surface area contributed by atoms with Gasteiger partial charge in [-0.2, -0.15) is 0 Å². The van der Waals surface area contributed by atoms with E-state index in [2.05, 4.69) is 32.4 Å². The number of nitrogens with one attached hydrogen (secondary N) is 3. The molecular formula is C21H37IN6O. The molecule has 2 atom stereocenters. The van der Waals surface area contributed by atoms with Crippen LogP contribution in [0.3, 0.4) is 0 Å². The fourth-order valence-corrected chi connectivity index (χ4v) is 3.84. The molecule has 1 heterocycles. The van der Waals surface area contributed by atoms with E-state index in [1.54, 1.807) is 0 Å². The SMILES string of the molecule is CCNC(=NCCCCn1ccnc1C)NC1CCCC(C(=O)NC2CC2)C1.I. The number of aryl methyl sites for hydroxylation is 2. The zero-order valence-corrected chi connectivity index (χ0v) is 20.2. The molecule has 2 aliphatic carbocycles. The second kappa shape index (κ2) is 12.4. The number of amides is 1. The molecule has 8 heteroatoms. The predicted octanol–water partition coefficient (Wildman–Crippen LogP) is 2.98. The quantitative estimate of drug-likeness (QED) is 0.204. The summed E-state index contributed by atoms with van der Waals surface area (Å²) < 4.78 is 2.18. The van der Waals surface area contributed by atoms with Crippen molar-refractivity contribution in [3.8, 4) is 0 Å². The summed E-state index contributed by atoms with van der Waals surface area (Å²) in [4.78, 5) is 21.4. The van der Waals surface area contributed by atoms with Gasteiger partial charge < -0.3 is 20.5 Å². The Labute approximate surface area is 191 Å². The van der Waals surface area contributed by atoms with E-state index in [-0.39, 0.29) is 35.8 Å². The fourth-order valence-electron chi connectivity index (χ4n) is 3.84. The van der Waals surface area contributed by atoms with Crippen LogP contribution >= 0.6 is 24.0 Å². The zero-order chi connectivity index (χ0) is 19.8. The minimum absolute atomic E-state index is 0. The molecule has 3 N–H and O–H groups in total. The molecule has 2 fully saturated rings. The van der Waals surface area contributed by atoms with Crippen LogP contribution in [0.15, 0.2) is 17.4 Å². The van der Waals surface area contributed by atoms with Crippen LogP contribution in [0, 0.1) is 12.8 Å². The normalized spacial score (nSPS) is 21.9. The molecule has 2 unspecified atom stereocenters. The highest BCUT2D eigenvalue weighted by atomic mass is 127. The van der Waals surface area contributed by atoms with E-state index in [0.29, 0.717) is 12.1 Å². The third-order valence-corrected chi connectivity index (χ3v) is 5.65. The number of hydrogen-bond donors (Lipinski definition) is 3. The summed E-state index contributed by atoms with van der Waals surface area (Å²) in [5.74, 6) is 2.35. The first-order chi connectivity index (χ1) is 13.7. The summed E-state index contributed by atoms with van der Waals surface area (Å²) in [5.41, 5.74) is 0. The predicted molar refractivity (Wildman–Crippen MR) is 128 cm³/mol. The standard InChI is InChI=1S/C21H36N6O.HI/c1-3-22-21(24-11-4-5-13-27-14-12-23-16(27)2)26-19-8-6-7-17(15-19)20(28)25-18-9-10-18;/h12,14,17-19H,3-11,13,15H2,1-2H3,(H,25,28)(H2,22,24,26);1H. The molecule has 2 aliphatic rings. The average Bonchev–Trinajstić information content (AvgIpc) is 3.41. The summed E-state index contributed by atoms with van der Waals surface area (Å²) >= 11 is 0. The van der Waals surface area contributed by atoms with Crippen molar-refractivity contribution < 1.29 is 4.79 Å². The monoisotopic (exact) mass is 516 g/mol. The number of hydrogen-bond acceptors (Lipinski definition) is 3. The van der Waals surface area contributed by atoms with Gasteiger partial charge in [0.25, 0.3) is 0 Å². The summed E-state index contributed by atoms with van der Waals surface area (Å²) in [6.07, 6.45) is 12.4. The van der Waals surface area contributed by atoms with E-state index in [9.17, 15) is 4.79 Å². The molecule has 7 nitrogen and oxygen atoms in total. The lowest BCUT2D eigenvalue weighted by Crippen LogP contribution is -2.47. The van der Waals surface area contributed by atoms with Gasteiger partial charge in [-0.05, 0) is 58.8 Å². The van der Waals surface area contributed by atoms with Crippen LogP contribution in [0.2, 0.25) is 0 Å². The third kappa shape index (κ3) is 8.14. The lowest BCUT2D eigenvalue weighted by atomic mass is 9.85. The second-order valence-electron chi connectivity index (χ2n) is 8.12. The Hall–Kier alpha value is -1.32. The molecule has 29 heavy (non-hydrogen) atoms. The summed E-state index contributed by atoms with van der Waals surface area (Å²) in [5, 5.41) is 10.1. The van der Waals surface area contributed by atoms with Gasteiger partial charge >= 0.3 is 0 Å². The van der Waals surface area contributed by atoms with Gasteiger partial charge in [0, 0.05) is 50.0 Å². The third-order valence-electron chi connectivity index (χ3n) is 5.65. The van der Waals surface area contributed by atoms with Gasteiger partial charge in [-0.25, -0.2) is 4.98 Å². The minimum atomic E-state index is 0. The van der Waals surface area contributed by atoms with Gasteiger partial charge in [0.1, 0.15) is 5.82 Å². The van der Waals surface area contributed by atoms with E-state index < -0.39 is 0 Å². The van der Waals surface area contributed by atoms with E-state index in [4.69, 9.17) is 4.99 Å². The van der Waals surface area contributed by atoms with E-state index >= 15 is 0 Å². The molecule has 0 aliphatic heterocycles. The number of unbranched alkanes of at least 4 members (excludes halogenated alkanes) is 1. The number of halogens is 1. The van der Waals surface area contributed by atoms with Gasteiger partial charge in [-0.15, -0.1) is 24.0 Å². The Morgan fingerprint density at radius 3 is 2.72 bits per heavy atom. The van der Waals surface area contributed by atoms with E-state index in [1.165, 1.54) is 0 Å². The van der Waals surface area contributed by atoms with Crippen molar-refractivity contribution >= 4 is 35.8 Å². The van der Waals surface area contributed by atoms with Crippen LogP contribution in [0.4, 0.5) is 0 Å². The smallest absolute Gasteiger partial charge is 0.223 e. The molecule has 1 aromatic heterocycles. The lowest BCUT2D eigenvalue weighted by Gasteiger charge is -2.30. The van der Waals surface area contributed by atoms with Crippen LogP contribution < -0.4 is 16.0 Å². The zero-order valence-electron chi connectivity index (χ0n) is 17.8. The Kier molecular flexibility index (Phi) is 10.2. The highest BCUT2D eigenvalue weighted by Crippen LogP contribution is 2.26. The highest BCUT2D eigenvalue weighted by molar-refractivity contribution is 14.0. The maximum Gasteiger partial charge on any atom is 0.223 e. The summed E-state index contributed by atoms with van der Waals surface area (Å²) in [6, 6.07) is 0.779. The van der Waals surface area contributed by atoms with Crippen LogP contribution in [-0.4, -0.2) is 46.6 Å². The number of nitrogens with zero attached hydrogens (tertiary/aromatic N) is 3. The van der Waals surface area contributed by atoms with Crippen molar-refractivity contribution in [1.82, 2.24) is 25.5 Å². The molecule has 1 aromatic rings. The van der Waals surface area contributed by atoms with Crippen molar-refractivity contribution in [3.05, 3.63) is 18.2 Å². The van der Waals surface area contributed by atoms with Crippen LogP contribution in [0.1, 0.15) is 64.1 Å². The lowest BCUT2D eigenvalue weighted by molar-refractivity contribution is -0.126. The Balaban J connectivity index is 0.00000300.